The second-order valence-corrected chi connectivity index (χ2v) is 10.6. The molecule has 3 rings (SSSR count). The Bertz CT molecular complexity index is 1130. The van der Waals surface area contributed by atoms with Crippen molar-refractivity contribution in [3.05, 3.63) is 59.2 Å². The van der Waals surface area contributed by atoms with Gasteiger partial charge in [0.15, 0.2) is 6.61 Å². The molecule has 1 heterocycles. The summed E-state index contributed by atoms with van der Waals surface area (Å²) in [5, 5.41) is 0. The fourth-order valence-corrected chi connectivity index (χ4v) is 4.77. The SMILES string of the molecule is Cc1ccc(C(C)(C)C)cc1S(=O)(=O)Nc1ccccc1C(=O)OCC(=O)N1CCOCC1. The first kappa shape index (κ1) is 24.7. The van der Waals surface area contributed by atoms with Crippen LogP contribution in [0.25, 0.3) is 0 Å². The number of hydrogen-bond donors (Lipinski definition) is 1. The smallest absolute Gasteiger partial charge is 0.340 e. The fraction of sp³-hybridized carbons (Fsp3) is 0.417. The largest absolute Gasteiger partial charge is 0.452 e. The number of ether oxygens (including phenoxy) is 2. The highest BCUT2D eigenvalue weighted by molar-refractivity contribution is 7.92. The summed E-state index contributed by atoms with van der Waals surface area (Å²) in [4.78, 5) is 26.6. The van der Waals surface area contributed by atoms with Crippen LogP contribution in [0.4, 0.5) is 5.69 Å². The van der Waals surface area contributed by atoms with E-state index in [1.54, 1.807) is 36.1 Å². The highest BCUT2D eigenvalue weighted by atomic mass is 32.2. The molecule has 178 valence electrons. The number of nitrogens with one attached hydrogen (secondary N) is 1. The minimum Gasteiger partial charge on any atom is -0.452 e. The lowest BCUT2D eigenvalue weighted by molar-refractivity contribution is -0.138. The minimum absolute atomic E-state index is 0.0282. The number of morpholine rings is 1. The highest BCUT2D eigenvalue weighted by Crippen LogP contribution is 2.28. The van der Waals surface area contributed by atoms with Crippen molar-refractivity contribution in [2.75, 3.05) is 37.6 Å². The van der Waals surface area contributed by atoms with Crippen LogP contribution in [0, 0.1) is 6.92 Å². The second-order valence-electron chi connectivity index (χ2n) is 8.95. The van der Waals surface area contributed by atoms with Gasteiger partial charge >= 0.3 is 5.97 Å². The van der Waals surface area contributed by atoms with Crippen LogP contribution in [0.3, 0.4) is 0 Å². The molecule has 0 atom stereocenters. The minimum atomic E-state index is -3.98. The zero-order valence-corrected chi connectivity index (χ0v) is 20.2. The van der Waals surface area contributed by atoms with Gasteiger partial charge in [0.25, 0.3) is 15.9 Å². The van der Waals surface area contributed by atoms with E-state index < -0.39 is 22.6 Å². The Balaban J connectivity index is 1.79. The Hall–Kier alpha value is -2.91. The Kier molecular flexibility index (Phi) is 7.44. The standard InChI is InChI=1S/C24H30N2O6S/c1-17-9-10-18(24(2,3)4)15-21(17)33(29,30)25-20-8-6-5-7-19(20)23(28)32-16-22(27)26-11-13-31-14-12-26/h5-10,15,25H,11-14,16H2,1-4H3. The number of carbonyl (C=O) groups is 2. The number of sulfonamides is 1. The molecule has 0 saturated carbocycles. The molecule has 0 aliphatic carbocycles. The molecule has 9 heteroatoms. The first-order valence-corrected chi connectivity index (χ1v) is 12.2. The molecule has 33 heavy (non-hydrogen) atoms. The summed E-state index contributed by atoms with van der Waals surface area (Å²) in [5.41, 5.74) is 1.35. The van der Waals surface area contributed by atoms with E-state index in [0.29, 0.717) is 31.9 Å². The Morgan fingerprint density at radius 1 is 1.09 bits per heavy atom. The van der Waals surface area contributed by atoms with E-state index in [9.17, 15) is 18.0 Å². The first-order chi connectivity index (χ1) is 15.5. The van der Waals surface area contributed by atoms with E-state index >= 15 is 0 Å². The number of para-hydroxylation sites is 1. The van der Waals surface area contributed by atoms with Gasteiger partial charge in [0.1, 0.15) is 0 Å². The predicted molar refractivity (Wildman–Crippen MR) is 125 cm³/mol. The molecule has 1 aliphatic heterocycles. The Morgan fingerprint density at radius 2 is 1.76 bits per heavy atom. The van der Waals surface area contributed by atoms with Gasteiger partial charge in [-0.2, -0.15) is 0 Å². The van der Waals surface area contributed by atoms with Crippen LogP contribution >= 0.6 is 0 Å². The summed E-state index contributed by atoms with van der Waals surface area (Å²) in [6.07, 6.45) is 0. The molecule has 0 bridgehead atoms. The van der Waals surface area contributed by atoms with Crippen molar-refractivity contribution in [3.63, 3.8) is 0 Å². The highest BCUT2D eigenvalue weighted by Gasteiger charge is 2.24. The number of rotatable bonds is 6. The van der Waals surface area contributed by atoms with E-state index in [2.05, 4.69) is 4.72 Å². The third-order valence-electron chi connectivity index (χ3n) is 5.43. The van der Waals surface area contributed by atoms with Gasteiger partial charge in [0, 0.05) is 13.1 Å². The lowest BCUT2D eigenvalue weighted by Gasteiger charge is -2.26. The number of amides is 1. The molecular formula is C24H30N2O6S. The topological polar surface area (TPSA) is 102 Å². The molecule has 1 saturated heterocycles. The van der Waals surface area contributed by atoms with Crippen LogP contribution < -0.4 is 4.72 Å². The zero-order chi connectivity index (χ0) is 24.2. The van der Waals surface area contributed by atoms with Gasteiger partial charge in [-0.3, -0.25) is 9.52 Å². The number of anilines is 1. The van der Waals surface area contributed by atoms with Crippen molar-refractivity contribution in [2.45, 2.75) is 38.0 Å². The monoisotopic (exact) mass is 474 g/mol. The summed E-state index contributed by atoms with van der Waals surface area (Å²) >= 11 is 0. The van der Waals surface area contributed by atoms with E-state index in [0.717, 1.165) is 5.56 Å². The fourth-order valence-electron chi connectivity index (χ4n) is 3.42. The number of aryl methyl sites for hydroxylation is 1. The second kappa shape index (κ2) is 9.93. The number of hydrogen-bond acceptors (Lipinski definition) is 6. The quantitative estimate of drug-likeness (QED) is 0.646. The lowest BCUT2D eigenvalue weighted by atomic mass is 9.87. The average Bonchev–Trinajstić information content (AvgIpc) is 2.77. The van der Waals surface area contributed by atoms with Crippen LogP contribution in [0.5, 0.6) is 0 Å². The molecular weight excluding hydrogens is 444 g/mol. The maximum atomic E-state index is 13.2. The van der Waals surface area contributed by atoms with Crippen molar-refractivity contribution in [1.82, 2.24) is 4.90 Å². The molecule has 2 aromatic carbocycles. The van der Waals surface area contributed by atoms with Crippen molar-refractivity contribution < 1.29 is 27.5 Å². The van der Waals surface area contributed by atoms with E-state index in [1.807, 2.05) is 26.8 Å². The van der Waals surface area contributed by atoms with Gasteiger partial charge in [0.05, 0.1) is 29.4 Å². The average molecular weight is 475 g/mol. The van der Waals surface area contributed by atoms with Crippen molar-refractivity contribution in [2.24, 2.45) is 0 Å². The van der Waals surface area contributed by atoms with Crippen LogP contribution in [0.15, 0.2) is 47.4 Å². The molecule has 0 spiro atoms. The van der Waals surface area contributed by atoms with Gasteiger partial charge in [0.2, 0.25) is 0 Å². The molecule has 1 fully saturated rings. The third kappa shape index (κ3) is 6.11. The maximum absolute atomic E-state index is 13.2. The predicted octanol–water partition coefficient (Wildman–Crippen LogP) is 3.11. The van der Waals surface area contributed by atoms with Crippen LogP contribution in [0.1, 0.15) is 42.3 Å². The summed E-state index contributed by atoms with van der Waals surface area (Å²) in [5.74, 6) is -1.10. The number of benzene rings is 2. The van der Waals surface area contributed by atoms with Crippen LogP contribution in [-0.2, 0) is 29.7 Å². The summed E-state index contributed by atoms with van der Waals surface area (Å²) in [6, 6.07) is 11.5. The molecule has 1 aliphatic rings. The number of carbonyl (C=O) groups excluding carboxylic acids is 2. The van der Waals surface area contributed by atoms with Crippen molar-refractivity contribution >= 4 is 27.6 Å². The van der Waals surface area contributed by atoms with Crippen molar-refractivity contribution in [1.29, 1.82) is 0 Å². The summed E-state index contributed by atoms with van der Waals surface area (Å²) in [6.45, 7) is 9.09. The van der Waals surface area contributed by atoms with Crippen LogP contribution in [-0.4, -0.2) is 58.1 Å². The molecule has 0 radical (unpaired) electrons. The zero-order valence-electron chi connectivity index (χ0n) is 19.4. The maximum Gasteiger partial charge on any atom is 0.340 e. The van der Waals surface area contributed by atoms with Gasteiger partial charge in [-0.25, -0.2) is 13.2 Å². The molecule has 8 nitrogen and oxygen atoms in total. The Labute approximate surface area is 194 Å². The van der Waals surface area contributed by atoms with E-state index in [-0.39, 0.29) is 27.5 Å². The molecule has 2 aromatic rings. The molecule has 1 N–H and O–H groups in total. The first-order valence-electron chi connectivity index (χ1n) is 10.7. The molecule has 0 unspecified atom stereocenters. The number of nitrogens with zero attached hydrogens (tertiary/aromatic N) is 1. The molecule has 1 amide bonds. The summed E-state index contributed by atoms with van der Waals surface area (Å²) in [7, 11) is -3.98. The third-order valence-corrected chi connectivity index (χ3v) is 6.93. The lowest BCUT2D eigenvalue weighted by Crippen LogP contribution is -2.42. The molecule has 0 aromatic heterocycles. The van der Waals surface area contributed by atoms with Gasteiger partial charge in [-0.1, -0.05) is 45.0 Å². The Morgan fingerprint density at radius 3 is 2.42 bits per heavy atom. The van der Waals surface area contributed by atoms with Crippen LogP contribution in [0.2, 0.25) is 0 Å². The van der Waals surface area contributed by atoms with Gasteiger partial charge < -0.3 is 14.4 Å². The normalized spacial score (nSPS) is 14.6. The van der Waals surface area contributed by atoms with E-state index in [1.165, 1.54) is 12.1 Å². The summed E-state index contributed by atoms with van der Waals surface area (Å²) < 4.78 is 39.3. The number of esters is 1. The van der Waals surface area contributed by atoms with E-state index in [4.69, 9.17) is 9.47 Å². The van der Waals surface area contributed by atoms with Gasteiger partial charge in [-0.05, 0) is 41.7 Å². The van der Waals surface area contributed by atoms with Crippen molar-refractivity contribution in [3.8, 4) is 0 Å². The van der Waals surface area contributed by atoms with Gasteiger partial charge in [-0.15, -0.1) is 0 Å².